The molecule has 0 aliphatic heterocycles. The molecule has 0 radical (unpaired) electrons. The Morgan fingerprint density at radius 1 is 0.282 bits per heavy atom. The number of carbonyl (C=O) groups is 4. The van der Waals surface area contributed by atoms with Crippen LogP contribution in [0.5, 0.6) is 0 Å². The molecule has 0 saturated carbocycles. The minimum Gasteiger partial charge on any atom is -0.462 e. The fourth-order valence-electron chi connectivity index (χ4n) is 13.0. The molecule has 0 rings (SSSR count). The number of rotatable bonds is 82. The van der Waals surface area contributed by atoms with Crippen LogP contribution >= 0.6 is 15.6 Å². The Morgan fingerprint density at radius 3 is 0.738 bits per heavy atom. The van der Waals surface area contributed by atoms with Crippen molar-refractivity contribution in [3.8, 4) is 0 Å². The molecule has 3 unspecified atom stereocenters. The van der Waals surface area contributed by atoms with E-state index in [-0.39, 0.29) is 25.7 Å². The summed E-state index contributed by atoms with van der Waals surface area (Å²) in [5.41, 5.74) is 0. The summed E-state index contributed by atoms with van der Waals surface area (Å²) in [6, 6.07) is 0. The minimum absolute atomic E-state index is 0.107. The second kappa shape index (κ2) is 74.2. The lowest BCUT2D eigenvalue weighted by molar-refractivity contribution is -0.161. The maximum Gasteiger partial charge on any atom is 0.472 e. The Kier molecular flexibility index (Phi) is 72.8. The maximum absolute atomic E-state index is 13.1. The van der Waals surface area contributed by atoms with Crippen molar-refractivity contribution in [2.75, 3.05) is 39.6 Å². The molecule has 612 valence electrons. The lowest BCUT2D eigenvalue weighted by Gasteiger charge is -2.21. The highest BCUT2D eigenvalue weighted by molar-refractivity contribution is 7.47. The highest BCUT2D eigenvalue weighted by Gasteiger charge is 2.30. The number of unbranched alkanes of at least 4 members (excludes halogenated alkanes) is 49. The molecule has 0 aromatic carbocycles. The van der Waals surface area contributed by atoms with E-state index >= 15 is 0 Å². The standard InChI is InChI=1S/C84H164O17P2/c1-8-10-11-12-13-14-15-16-17-18-22-25-31-36-44-51-58-65-81(86)94-71-79(100-83(88)67-60-53-46-37-32-26-23-20-19-21-24-29-34-41-48-55-62-75(3)4)73-98-102(90,91)96-69-78(85)70-97-103(92,93)99-74-80(72-95-82(87)66-59-52-45-40-39-43-50-57-64-77(7)9-2)101-84(89)68-61-54-47-38-33-28-27-30-35-42-49-56-63-76(5)6/h75-80,85H,8-74H2,1-7H3,(H,90,91)(H,92,93)/t77?,78-,79-,80-/m1/s1. The van der Waals surface area contributed by atoms with Crippen molar-refractivity contribution in [2.24, 2.45) is 17.8 Å². The number of phosphoric acid groups is 2. The van der Waals surface area contributed by atoms with Gasteiger partial charge in [0.05, 0.1) is 26.4 Å². The third-order valence-electron chi connectivity index (χ3n) is 20.0. The first kappa shape index (κ1) is 101. The second-order valence-corrected chi connectivity index (χ2v) is 34.3. The summed E-state index contributed by atoms with van der Waals surface area (Å²) < 4.78 is 68.9. The monoisotopic (exact) mass is 1510 g/mol. The number of esters is 4. The van der Waals surface area contributed by atoms with Gasteiger partial charge >= 0.3 is 39.5 Å². The third-order valence-corrected chi connectivity index (χ3v) is 21.9. The van der Waals surface area contributed by atoms with Gasteiger partial charge in [0.1, 0.15) is 19.3 Å². The first-order chi connectivity index (χ1) is 49.8. The highest BCUT2D eigenvalue weighted by atomic mass is 31.2. The van der Waals surface area contributed by atoms with Crippen LogP contribution in [0, 0.1) is 17.8 Å². The topological polar surface area (TPSA) is 237 Å². The van der Waals surface area contributed by atoms with Crippen molar-refractivity contribution >= 4 is 39.5 Å². The Labute approximate surface area is 632 Å². The van der Waals surface area contributed by atoms with Crippen LogP contribution < -0.4 is 0 Å². The summed E-state index contributed by atoms with van der Waals surface area (Å²) in [5, 5.41) is 10.7. The summed E-state index contributed by atoms with van der Waals surface area (Å²) in [6.45, 7) is 12.0. The molecular weight excluding hydrogens is 1340 g/mol. The van der Waals surface area contributed by atoms with E-state index in [1.807, 2.05) is 0 Å². The fourth-order valence-corrected chi connectivity index (χ4v) is 14.6. The first-order valence-electron chi connectivity index (χ1n) is 43.4. The zero-order chi connectivity index (χ0) is 75.8. The van der Waals surface area contributed by atoms with E-state index in [2.05, 4.69) is 48.5 Å². The predicted molar refractivity (Wildman–Crippen MR) is 423 cm³/mol. The Morgan fingerprint density at radius 2 is 0.495 bits per heavy atom. The Hall–Kier alpha value is -1.94. The maximum atomic E-state index is 13.1. The first-order valence-corrected chi connectivity index (χ1v) is 46.4. The van der Waals surface area contributed by atoms with Gasteiger partial charge in [0.15, 0.2) is 12.2 Å². The van der Waals surface area contributed by atoms with Gasteiger partial charge < -0.3 is 33.8 Å². The molecule has 0 amide bonds. The lowest BCUT2D eigenvalue weighted by atomic mass is 9.99. The molecular formula is C84H164O17P2. The Bertz CT molecular complexity index is 1990. The third kappa shape index (κ3) is 76.6. The molecule has 3 N–H and O–H groups in total. The van der Waals surface area contributed by atoms with Crippen LogP contribution in [0.25, 0.3) is 0 Å². The van der Waals surface area contributed by atoms with E-state index in [1.54, 1.807) is 0 Å². The molecule has 0 bridgehead atoms. The number of carbonyl (C=O) groups excluding carboxylic acids is 4. The van der Waals surface area contributed by atoms with Crippen LogP contribution in [0.2, 0.25) is 0 Å². The molecule has 103 heavy (non-hydrogen) atoms. The average molecular weight is 1510 g/mol. The zero-order valence-electron chi connectivity index (χ0n) is 67.8. The van der Waals surface area contributed by atoms with Gasteiger partial charge in [-0.15, -0.1) is 0 Å². The van der Waals surface area contributed by atoms with Gasteiger partial charge in [-0.2, -0.15) is 0 Å². The molecule has 6 atom stereocenters. The van der Waals surface area contributed by atoms with Crippen molar-refractivity contribution in [1.29, 1.82) is 0 Å². The summed E-state index contributed by atoms with van der Waals surface area (Å²) in [6.07, 6.45) is 63.7. The number of hydrogen-bond acceptors (Lipinski definition) is 15. The van der Waals surface area contributed by atoms with Crippen molar-refractivity contribution in [3.05, 3.63) is 0 Å². The summed E-state index contributed by atoms with van der Waals surface area (Å²) in [5.74, 6) is 0.257. The van der Waals surface area contributed by atoms with E-state index in [0.29, 0.717) is 25.7 Å². The molecule has 0 saturated heterocycles. The van der Waals surface area contributed by atoms with E-state index < -0.39 is 97.5 Å². The van der Waals surface area contributed by atoms with Gasteiger partial charge in [0.2, 0.25) is 0 Å². The van der Waals surface area contributed by atoms with Gasteiger partial charge in [0.25, 0.3) is 0 Å². The van der Waals surface area contributed by atoms with Gasteiger partial charge in [-0.1, -0.05) is 389 Å². The van der Waals surface area contributed by atoms with Crippen molar-refractivity contribution < 1.29 is 80.2 Å². The SMILES string of the molecule is CCCCCCCCCCCCCCCCCCCC(=O)OC[C@H](COP(=O)(O)OC[C@@H](O)COP(=O)(O)OC[C@@H](COC(=O)CCCCCCCCCCC(C)CC)OC(=O)CCCCCCCCCCCCCCC(C)C)OC(=O)CCCCCCCCCCCCCCCCCCC(C)C. The molecule has 0 aromatic heterocycles. The van der Waals surface area contributed by atoms with Crippen LogP contribution in [0.15, 0.2) is 0 Å². The van der Waals surface area contributed by atoms with E-state index in [1.165, 1.54) is 250 Å². The molecule has 0 spiro atoms. The summed E-state index contributed by atoms with van der Waals surface area (Å²) in [7, 11) is -9.93. The average Bonchev–Trinajstić information content (AvgIpc) is 0.907. The van der Waals surface area contributed by atoms with Gasteiger partial charge in [-0.25, -0.2) is 9.13 Å². The predicted octanol–water partition coefficient (Wildman–Crippen LogP) is 25.3. The Balaban J connectivity index is 5.27. The zero-order valence-corrected chi connectivity index (χ0v) is 69.6. The summed E-state index contributed by atoms with van der Waals surface area (Å²) >= 11 is 0. The van der Waals surface area contributed by atoms with Crippen LogP contribution in [-0.2, 0) is 65.4 Å². The number of aliphatic hydroxyl groups excluding tert-OH is 1. The van der Waals surface area contributed by atoms with Crippen molar-refractivity contribution in [1.82, 2.24) is 0 Å². The molecule has 17 nitrogen and oxygen atoms in total. The summed E-state index contributed by atoms with van der Waals surface area (Å²) in [4.78, 5) is 73.2. The lowest BCUT2D eigenvalue weighted by Crippen LogP contribution is -2.30. The number of hydrogen-bond donors (Lipinski definition) is 3. The highest BCUT2D eigenvalue weighted by Crippen LogP contribution is 2.45. The molecule has 0 heterocycles. The largest absolute Gasteiger partial charge is 0.472 e. The number of aliphatic hydroxyl groups is 1. The van der Waals surface area contributed by atoms with E-state index in [0.717, 1.165) is 108 Å². The van der Waals surface area contributed by atoms with Crippen LogP contribution in [0.4, 0.5) is 0 Å². The van der Waals surface area contributed by atoms with Gasteiger partial charge in [0, 0.05) is 25.7 Å². The van der Waals surface area contributed by atoms with E-state index in [9.17, 15) is 43.2 Å². The molecule has 0 aliphatic carbocycles. The van der Waals surface area contributed by atoms with Crippen molar-refractivity contribution in [3.63, 3.8) is 0 Å². The normalized spacial score (nSPS) is 14.2. The molecule has 0 fully saturated rings. The quantitative estimate of drug-likeness (QED) is 0.0222. The second-order valence-electron chi connectivity index (χ2n) is 31.4. The van der Waals surface area contributed by atoms with Crippen molar-refractivity contribution in [2.45, 2.75) is 458 Å². The minimum atomic E-state index is -4.96. The molecule has 0 aliphatic rings. The molecule has 19 heteroatoms. The van der Waals surface area contributed by atoms with Gasteiger partial charge in [-0.05, 0) is 43.4 Å². The van der Waals surface area contributed by atoms with Crippen LogP contribution in [-0.4, -0.2) is 96.7 Å². The molecule has 0 aromatic rings. The van der Waals surface area contributed by atoms with Gasteiger partial charge in [-0.3, -0.25) is 37.3 Å². The smallest absolute Gasteiger partial charge is 0.462 e. The van der Waals surface area contributed by atoms with Crippen LogP contribution in [0.3, 0.4) is 0 Å². The van der Waals surface area contributed by atoms with E-state index in [4.69, 9.17) is 37.0 Å². The number of phosphoric ester groups is 2. The van der Waals surface area contributed by atoms with Crippen LogP contribution in [0.1, 0.15) is 440 Å². The fraction of sp³-hybridized carbons (Fsp3) is 0.952. The number of ether oxygens (including phenoxy) is 4.